The molecule has 0 aromatic heterocycles. The first-order chi connectivity index (χ1) is 14.5. The van der Waals surface area contributed by atoms with E-state index in [1.54, 1.807) is 19.1 Å². The Kier molecular flexibility index (Phi) is 7.17. The van der Waals surface area contributed by atoms with Gasteiger partial charge in [-0.1, -0.05) is 12.1 Å². The van der Waals surface area contributed by atoms with E-state index in [9.17, 15) is 9.59 Å². The predicted octanol–water partition coefficient (Wildman–Crippen LogP) is 2.99. The summed E-state index contributed by atoms with van der Waals surface area (Å²) in [6, 6.07) is 12.9. The number of nitrogens with one attached hydrogen (secondary N) is 2. The van der Waals surface area contributed by atoms with Gasteiger partial charge in [0.05, 0.1) is 19.9 Å². The topological polar surface area (TPSA) is 79.9 Å². The number of anilines is 2. The lowest BCUT2D eigenvalue weighted by atomic mass is 10.1. The third kappa shape index (κ3) is 5.23. The summed E-state index contributed by atoms with van der Waals surface area (Å²) in [5.41, 5.74) is 2.66. The van der Waals surface area contributed by atoms with Crippen LogP contribution in [0.15, 0.2) is 42.5 Å². The predicted molar refractivity (Wildman–Crippen MR) is 117 cm³/mol. The number of amides is 2. The zero-order chi connectivity index (χ0) is 21.5. The number of nitrogens with zero attached hydrogens (tertiary/aromatic N) is 1. The molecule has 3 rings (SSSR count). The Balaban J connectivity index is 1.53. The minimum atomic E-state index is -0.412. The maximum Gasteiger partial charge on any atom is 0.242 e. The Bertz CT molecular complexity index is 883. The van der Waals surface area contributed by atoms with E-state index < -0.39 is 6.04 Å². The van der Waals surface area contributed by atoms with E-state index in [0.717, 1.165) is 35.5 Å². The van der Waals surface area contributed by atoms with E-state index in [-0.39, 0.29) is 11.8 Å². The molecular weight excluding hydrogens is 382 g/mol. The van der Waals surface area contributed by atoms with Crippen LogP contribution in [0.1, 0.15) is 25.3 Å². The minimum Gasteiger partial charge on any atom is -0.497 e. The molecule has 0 bridgehead atoms. The fourth-order valence-electron chi connectivity index (χ4n) is 3.48. The summed E-state index contributed by atoms with van der Waals surface area (Å²) in [5, 5.41) is 6.15. The van der Waals surface area contributed by atoms with E-state index in [1.165, 1.54) is 0 Å². The number of carbonyl (C=O) groups is 2. The molecule has 2 N–H and O–H groups in total. The number of hydrogen-bond acceptors (Lipinski definition) is 5. The first-order valence-electron chi connectivity index (χ1n) is 10.2. The SMILES string of the molecule is COc1ccc(CCNC(=O)C(C)Nc2ccc(N3CCCC3=O)c(OC)c2)cc1. The molecule has 7 heteroatoms. The Morgan fingerprint density at radius 3 is 2.53 bits per heavy atom. The Morgan fingerprint density at radius 2 is 1.90 bits per heavy atom. The monoisotopic (exact) mass is 411 g/mol. The zero-order valence-electron chi connectivity index (χ0n) is 17.7. The van der Waals surface area contributed by atoms with Crippen LogP contribution in [-0.4, -0.2) is 45.2 Å². The summed E-state index contributed by atoms with van der Waals surface area (Å²) in [6.45, 7) is 3.07. The van der Waals surface area contributed by atoms with Crippen molar-refractivity contribution in [1.82, 2.24) is 5.32 Å². The van der Waals surface area contributed by atoms with Gasteiger partial charge in [0.2, 0.25) is 11.8 Å². The van der Waals surface area contributed by atoms with Gasteiger partial charge in [-0.3, -0.25) is 9.59 Å². The molecule has 2 aromatic rings. The smallest absolute Gasteiger partial charge is 0.242 e. The molecule has 0 spiro atoms. The number of benzene rings is 2. The van der Waals surface area contributed by atoms with E-state index in [4.69, 9.17) is 9.47 Å². The fourth-order valence-corrected chi connectivity index (χ4v) is 3.48. The molecule has 30 heavy (non-hydrogen) atoms. The second kappa shape index (κ2) is 10.0. The molecule has 1 saturated heterocycles. The number of carbonyl (C=O) groups excluding carboxylic acids is 2. The first kappa shape index (κ1) is 21.5. The average molecular weight is 412 g/mol. The number of rotatable bonds is 9. The quantitative estimate of drug-likeness (QED) is 0.663. The van der Waals surface area contributed by atoms with E-state index in [1.807, 2.05) is 49.4 Å². The van der Waals surface area contributed by atoms with Gasteiger partial charge >= 0.3 is 0 Å². The molecule has 1 aliphatic rings. The van der Waals surface area contributed by atoms with Crippen molar-refractivity contribution >= 4 is 23.2 Å². The van der Waals surface area contributed by atoms with Gasteiger partial charge in [0.1, 0.15) is 17.5 Å². The third-order valence-electron chi connectivity index (χ3n) is 5.19. The lowest BCUT2D eigenvalue weighted by Crippen LogP contribution is -2.38. The number of ether oxygens (including phenoxy) is 2. The van der Waals surface area contributed by atoms with Crippen LogP contribution in [0, 0.1) is 0 Å². The summed E-state index contributed by atoms with van der Waals surface area (Å²) in [7, 11) is 3.22. The van der Waals surface area contributed by atoms with E-state index in [2.05, 4.69) is 10.6 Å². The van der Waals surface area contributed by atoms with Crippen LogP contribution in [0.5, 0.6) is 11.5 Å². The maximum absolute atomic E-state index is 12.4. The van der Waals surface area contributed by atoms with Crippen LogP contribution in [0.2, 0.25) is 0 Å². The molecule has 1 fully saturated rings. The molecule has 2 amide bonds. The highest BCUT2D eigenvalue weighted by molar-refractivity contribution is 5.97. The van der Waals surface area contributed by atoms with Gasteiger partial charge in [-0.05, 0) is 49.6 Å². The lowest BCUT2D eigenvalue weighted by molar-refractivity contribution is -0.121. The highest BCUT2D eigenvalue weighted by Gasteiger charge is 2.24. The van der Waals surface area contributed by atoms with Crippen molar-refractivity contribution in [2.75, 3.05) is 37.5 Å². The lowest BCUT2D eigenvalue weighted by Gasteiger charge is -2.21. The summed E-state index contributed by atoms with van der Waals surface area (Å²) in [5.74, 6) is 1.46. The zero-order valence-corrected chi connectivity index (χ0v) is 17.7. The molecule has 160 valence electrons. The first-order valence-corrected chi connectivity index (χ1v) is 10.2. The molecule has 1 unspecified atom stereocenters. The Morgan fingerprint density at radius 1 is 1.13 bits per heavy atom. The van der Waals surface area contributed by atoms with Crippen LogP contribution in [0.3, 0.4) is 0 Å². The van der Waals surface area contributed by atoms with Crippen LogP contribution >= 0.6 is 0 Å². The molecule has 1 aliphatic heterocycles. The van der Waals surface area contributed by atoms with Gasteiger partial charge in [0.15, 0.2) is 0 Å². The second-order valence-electron chi connectivity index (χ2n) is 7.29. The summed E-state index contributed by atoms with van der Waals surface area (Å²) < 4.78 is 10.6. The normalized spacial score (nSPS) is 14.4. The fraction of sp³-hybridized carbons (Fsp3) is 0.391. The van der Waals surface area contributed by atoms with Gasteiger partial charge in [0.25, 0.3) is 0 Å². The highest BCUT2D eigenvalue weighted by Crippen LogP contribution is 2.34. The molecule has 1 atom stereocenters. The van der Waals surface area contributed by atoms with Crippen molar-refractivity contribution in [1.29, 1.82) is 0 Å². The van der Waals surface area contributed by atoms with Crippen molar-refractivity contribution < 1.29 is 19.1 Å². The third-order valence-corrected chi connectivity index (χ3v) is 5.19. The largest absolute Gasteiger partial charge is 0.497 e. The second-order valence-corrected chi connectivity index (χ2v) is 7.29. The average Bonchev–Trinajstić information content (AvgIpc) is 3.19. The van der Waals surface area contributed by atoms with Crippen LogP contribution in [0.4, 0.5) is 11.4 Å². The molecule has 1 heterocycles. The summed E-state index contributed by atoms with van der Waals surface area (Å²) in [6.07, 6.45) is 2.17. The number of hydrogen-bond donors (Lipinski definition) is 2. The molecule has 0 radical (unpaired) electrons. The van der Waals surface area contributed by atoms with Crippen molar-refractivity contribution in [3.05, 3.63) is 48.0 Å². The Hall–Kier alpha value is -3.22. The number of methoxy groups -OCH3 is 2. The standard InChI is InChI=1S/C23H29N3O4/c1-16(23(28)24-13-12-17-6-9-19(29-2)10-7-17)25-18-8-11-20(21(15-18)30-3)26-14-4-5-22(26)27/h6-11,15-16,25H,4-5,12-14H2,1-3H3,(H,24,28). The molecule has 2 aromatic carbocycles. The van der Waals surface area contributed by atoms with Crippen LogP contribution in [0.25, 0.3) is 0 Å². The summed E-state index contributed by atoms with van der Waals surface area (Å²) in [4.78, 5) is 26.2. The maximum atomic E-state index is 12.4. The van der Waals surface area contributed by atoms with Gasteiger partial charge in [0, 0.05) is 31.3 Å². The van der Waals surface area contributed by atoms with Crippen LogP contribution < -0.4 is 25.0 Å². The van der Waals surface area contributed by atoms with Crippen molar-refractivity contribution in [3.8, 4) is 11.5 Å². The van der Waals surface area contributed by atoms with Gasteiger partial charge in [-0.2, -0.15) is 0 Å². The molecule has 7 nitrogen and oxygen atoms in total. The van der Waals surface area contributed by atoms with Crippen molar-refractivity contribution in [2.24, 2.45) is 0 Å². The van der Waals surface area contributed by atoms with Crippen LogP contribution in [-0.2, 0) is 16.0 Å². The Labute approximate surface area is 177 Å². The highest BCUT2D eigenvalue weighted by atomic mass is 16.5. The van der Waals surface area contributed by atoms with Gasteiger partial charge in [-0.15, -0.1) is 0 Å². The van der Waals surface area contributed by atoms with Gasteiger partial charge in [-0.25, -0.2) is 0 Å². The molecular formula is C23H29N3O4. The van der Waals surface area contributed by atoms with E-state index >= 15 is 0 Å². The van der Waals surface area contributed by atoms with Gasteiger partial charge < -0.3 is 25.0 Å². The molecule has 0 aliphatic carbocycles. The molecule has 0 saturated carbocycles. The van der Waals surface area contributed by atoms with Crippen molar-refractivity contribution in [3.63, 3.8) is 0 Å². The van der Waals surface area contributed by atoms with E-state index in [0.29, 0.717) is 25.3 Å². The summed E-state index contributed by atoms with van der Waals surface area (Å²) >= 11 is 0. The van der Waals surface area contributed by atoms with Crippen molar-refractivity contribution in [2.45, 2.75) is 32.2 Å². The minimum absolute atomic E-state index is 0.0822.